The van der Waals surface area contributed by atoms with Crippen molar-refractivity contribution in [1.29, 1.82) is 0 Å². The normalized spacial score (nSPS) is 16.0. The average molecular weight is 386 g/mol. The molecular weight excluding hydrogens is 360 g/mol. The molecule has 0 saturated heterocycles. The standard InChI is InChI=1S/C25H26N2O2/c1-2-29-20-12-10-18(11-13-20)16-27-23-9-4-3-8-21(23)22-17-26(15-14-24(22)27)25(28)19-6-5-7-19/h3-4,8-15,19H,2,5-7,16-17H2,1H3. The van der Waals surface area contributed by atoms with Crippen molar-refractivity contribution in [2.24, 2.45) is 5.92 Å². The summed E-state index contributed by atoms with van der Waals surface area (Å²) in [6.07, 6.45) is 7.35. The smallest absolute Gasteiger partial charge is 0.229 e. The molecular formula is C25H26N2O2. The number of hydrogen-bond acceptors (Lipinski definition) is 2. The Hall–Kier alpha value is -3.01. The summed E-state index contributed by atoms with van der Waals surface area (Å²) < 4.78 is 7.93. The summed E-state index contributed by atoms with van der Waals surface area (Å²) in [6.45, 7) is 4.13. The molecule has 148 valence electrons. The molecule has 0 atom stereocenters. The van der Waals surface area contributed by atoms with E-state index in [-0.39, 0.29) is 11.8 Å². The van der Waals surface area contributed by atoms with Gasteiger partial charge in [0.1, 0.15) is 5.75 Å². The van der Waals surface area contributed by atoms with E-state index >= 15 is 0 Å². The zero-order chi connectivity index (χ0) is 19.8. The highest BCUT2D eigenvalue weighted by molar-refractivity contribution is 5.91. The molecule has 1 aliphatic carbocycles. The van der Waals surface area contributed by atoms with E-state index in [4.69, 9.17) is 4.74 Å². The number of aromatic nitrogens is 1. The van der Waals surface area contributed by atoms with Gasteiger partial charge in [-0.1, -0.05) is 36.8 Å². The minimum atomic E-state index is 0.221. The molecule has 3 aromatic rings. The molecule has 0 unspecified atom stereocenters. The lowest BCUT2D eigenvalue weighted by Crippen LogP contribution is -2.36. The Kier molecular flexibility index (Phi) is 4.62. The molecule has 4 nitrogen and oxygen atoms in total. The van der Waals surface area contributed by atoms with Crippen LogP contribution in [0.25, 0.3) is 17.0 Å². The maximum absolute atomic E-state index is 12.8. The fraction of sp³-hybridized carbons (Fsp3) is 0.320. The largest absolute Gasteiger partial charge is 0.494 e. The molecule has 1 saturated carbocycles. The van der Waals surface area contributed by atoms with E-state index in [1.807, 2.05) is 30.2 Å². The van der Waals surface area contributed by atoms with Gasteiger partial charge in [-0.05, 0) is 49.6 Å². The van der Waals surface area contributed by atoms with E-state index in [0.717, 1.165) is 25.1 Å². The Morgan fingerprint density at radius 1 is 1.10 bits per heavy atom. The number of carbonyl (C=O) groups excluding carboxylic acids is 1. The molecule has 2 aromatic carbocycles. The molecule has 1 aliphatic heterocycles. The molecule has 1 fully saturated rings. The molecule has 0 radical (unpaired) electrons. The number of amides is 1. The van der Waals surface area contributed by atoms with Gasteiger partial charge in [-0.25, -0.2) is 0 Å². The zero-order valence-electron chi connectivity index (χ0n) is 16.8. The fourth-order valence-corrected chi connectivity index (χ4v) is 4.39. The first-order chi connectivity index (χ1) is 14.2. The number of para-hydroxylation sites is 1. The molecule has 1 amide bonds. The summed E-state index contributed by atoms with van der Waals surface area (Å²) in [6, 6.07) is 16.8. The number of carbonyl (C=O) groups is 1. The van der Waals surface area contributed by atoms with Gasteiger partial charge in [0.15, 0.2) is 0 Å². The van der Waals surface area contributed by atoms with Crippen LogP contribution in [0.4, 0.5) is 0 Å². The first kappa shape index (κ1) is 18.0. The van der Waals surface area contributed by atoms with E-state index in [2.05, 4.69) is 47.0 Å². The predicted octanol–water partition coefficient (Wildman–Crippen LogP) is 5.20. The molecule has 1 aromatic heterocycles. The van der Waals surface area contributed by atoms with Crippen molar-refractivity contribution < 1.29 is 9.53 Å². The van der Waals surface area contributed by atoms with Crippen molar-refractivity contribution in [3.8, 4) is 5.75 Å². The summed E-state index contributed by atoms with van der Waals surface area (Å²) in [5, 5.41) is 1.24. The number of hydrogen-bond donors (Lipinski definition) is 0. The van der Waals surface area contributed by atoms with Crippen LogP contribution in [-0.2, 0) is 17.9 Å². The first-order valence-corrected chi connectivity index (χ1v) is 10.5. The van der Waals surface area contributed by atoms with Gasteiger partial charge in [-0.2, -0.15) is 0 Å². The minimum absolute atomic E-state index is 0.221. The number of rotatable bonds is 5. The van der Waals surface area contributed by atoms with Gasteiger partial charge < -0.3 is 14.2 Å². The van der Waals surface area contributed by atoms with Crippen LogP contribution < -0.4 is 4.74 Å². The molecule has 2 aliphatic rings. The van der Waals surface area contributed by atoms with Gasteiger partial charge in [0.25, 0.3) is 0 Å². The Morgan fingerprint density at radius 2 is 1.90 bits per heavy atom. The predicted molar refractivity (Wildman–Crippen MR) is 116 cm³/mol. The molecule has 0 bridgehead atoms. The van der Waals surface area contributed by atoms with E-state index in [0.29, 0.717) is 13.2 Å². The van der Waals surface area contributed by atoms with Gasteiger partial charge in [0, 0.05) is 40.8 Å². The van der Waals surface area contributed by atoms with Gasteiger partial charge in [-0.15, -0.1) is 0 Å². The SMILES string of the molecule is CCOc1ccc(Cn2c3c(c4ccccc42)CN(C(=O)C2CCC2)C=C3)cc1. The highest BCUT2D eigenvalue weighted by atomic mass is 16.5. The quantitative estimate of drug-likeness (QED) is 0.604. The van der Waals surface area contributed by atoms with E-state index in [9.17, 15) is 4.79 Å². The van der Waals surface area contributed by atoms with Crippen molar-refractivity contribution >= 4 is 22.9 Å². The van der Waals surface area contributed by atoms with Gasteiger partial charge in [0.05, 0.1) is 13.2 Å². The van der Waals surface area contributed by atoms with Gasteiger partial charge >= 0.3 is 0 Å². The summed E-state index contributed by atoms with van der Waals surface area (Å²) in [4.78, 5) is 14.7. The highest BCUT2D eigenvalue weighted by Crippen LogP contribution is 2.35. The van der Waals surface area contributed by atoms with E-state index in [1.165, 1.54) is 34.1 Å². The Bertz CT molecular complexity index is 1070. The third-order valence-electron chi connectivity index (χ3n) is 6.17. The van der Waals surface area contributed by atoms with Gasteiger partial charge in [0.2, 0.25) is 5.91 Å². The van der Waals surface area contributed by atoms with Crippen LogP contribution in [0.5, 0.6) is 5.75 Å². The maximum atomic E-state index is 12.8. The van der Waals surface area contributed by atoms with Crippen LogP contribution in [0.15, 0.2) is 54.7 Å². The molecule has 4 heteroatoms. The lowest BCUT2D eigenvalue weighted by atomic mass is 9.84. The monoisotopic (exact) mass is 386 g/mol. The maximum Gasteiger partial charge on any atom is 0.229 e. The second kappa shape index (κ2) is 7.43. The van der Waals surface area contributed by atoms with Crippen LogP contribution >= 0.6 is 0 Å². The van der Waals surface area contributed by atoms with Gasteiger partial charge in [-0.3, -0.25) is 4.79 Å². The molecule has 29 heavy (non-hydrogen) atoms. The van der Waals surface area contributed by atoms with Crippen molar-refractivity contribution in [2.75, 3.05) is 6.61 Å². The Balaban J connectivity index is 1.49. The van der Waals surface area contributed by atoms with Crippen LogP contribution in [0.3, 0.4) is 0 Å². The fourth-order valence-electron chi connectivity index (χ4n) is 4.39. The molecule has 5 rings (SSSR count). The summed E-state index contributed by atoms with van der Waals surface area (Å²) in [7, 11) is 0. The number of nitrogens with zero attached hydrogens (tertiary/aromatic N) is 2. The molecule has 0 N–H and O–H groups in total. The second-order valence-corrected chi connectivity index (χ2v) is 7.95. The van der Waals surface area contributed by atoms with Crippen molar-refractivity contribution in [3.05, 3.63) is 71.6 Å². The third-order valence-corrected chi connectivity index (χ3v) is 6.17. The van der Waals surface area contributed by atoms with Crippen molar-refractivity contribution in [2.45, 2.75) is 39.3 Å². The number of benzene rings is 2. The average Bonchev–Trinajstić information content (AvgIpc) is 3.02. The van der Waals surface area contributed by atoms with Crippen molar-refractivity contribution in [1.82, 2.24) is 9.47 Å². The topological polar surface area (TPSA) is 34.5 Å². The first-order valence-electron chi connectivity index (χ1n) is 10.5. The lowest BCUT2D eigenvalue weighted by Gasteiger charge is -2.31. The van der Waals surface area contributed by atoms with Crippen molar-refractivity contribution in [3.63, 3.8) is 0 Å². The lowest BCUT2D eigenvalue weighted by molar-refractivity contribution is -0.135. The third kappa shape index (κ3) is 3.23. The molecule has 0 spiro atoms. The van der Waals surface area contributed by atoms with Crippen LogP contribution in [0, 0.1) is 5.92 Å². The second-order valence-electron chi connectivity index (χ2n) is 7.95. The van der Waals surface area contributed by atoms with E-state index in [1.54, 1.807) is 0 Å². The zero-order valence-corrected chi connectivity index (χ0v) is 16.8. The Morgan fingerprint density at radius 3 is 2.62 bits per heavy atom. The van der Waals surface area contributed by atoms with E-state index < -0.39 is 0 Å². The number of ether oxygens (including phenoxy) is 1. The van der Waals surface area contributed by atoms with Crippen LogP contribution in [0.2, 0.25) is 0 Å². The van der Waals surface area contributed by atoms with Crippen LogP contribution in [0.1, 0.15) is 43.0 Å². The Labute approximate surface area is 171 Å². The summed E-state index contributed by atoms with van der Waals surface area (Å²) in [5.41, 5.74) is 4.91. The molecule has 2 heterocycles. The van der Waals surface area contributed by atoms with Crippen LogP contribution in [-0.4, -0.2) is 22.0 Å². The number of fused-ring (bicyclic) bond motifs is 3. The highest BCUT2D eigenvalue weighted by Gasteiger charge is 2.31. The summed E-state index contributed by atoms with van der Waals surface area (Å²) in [5.74, 6) is 1.40. The summed E-state index contributed by atoms with van der Waals surface area (Å²) >= 11 is 0. The minimum Gasteiger partial charge on any atom is -0.494 e.